The summed E-state index contributed by atoms with van der Waals surface area (Å²) in [6, 6.07) is 14.0. The highest BCUT2D eigenvalue weighted by Gasteiger charge is 2.38. The van der Waals surface area contributed by atoms with Crippen LogP contribution in [0.3, 0.4) is 0 Å². The zero-order valence-electron chi connectivity index (χ0n) is 18.5. The summed E-state index contributed by atoms with van der Waals surface area (Å²) in [6.45, 7) is 0.740. The number of carbonyl (C=O) groups is 4. The van der Waals surface area contributed by atoms with E-state index >= 15 is 0 Å². The second kappa shape index (κ2) is 9.98. The van der Waals surface area contributed by atoms with Gasteiger partial charge in [0, 0.05) is 24.9 Å². The third-order valence-corrected chi connectivity index (χ3v) is 6.90. The minimum absolute atomic E-state index is 0.0157. The molecule has 2 aromatic rings. The molecule has 3 N–H and O–H groups in total. The molecule has 0 bridgehead atoms. The van der Waals surface area contributed by atoms with Crippen molar-refractivity contribution in [1.29, 1.82) is 0 Å². The molecule has 1 saturated carbocycles. The van der Waals surface area contributed by atoms with Gasteiger partial charge in [0.05, 0.1) is 17.2 Å². The molecule has 7 heteroatoms. The van der Waals surface area contributed by atoms with Crippen molar-refractivity contribution >= 4 is 24.0 Å². The van der Waals surface area contributed by atoms with Crippen LogP contribution in [-0.4, -0.2) is 42.0 Å². The monoisotopic (exact) mass is 447 g/mol. The number of fused-ring (bicyclic) bond motifs is 1. The zero-order chi connectivity index (χ0) is 23.4. The Hall–Kier alpha value is -3.48. The zero-order valence-corrected chi connectivity index (χ0v) is 18.5. The third-order valence-electron chi connectivity index (χ3n) is 6.90. The number of aldehydes is 1. The van der Waals surface area contributed by atoms with E-state index in [9.17, 15) is 19.2 Å². The highest BCUT2D eigenvalue weighted by atomic mass is 16.2. The largest absolute Gasteiger partial charge is 0.366 e. The molecule has 2 aromatic carbocycles. The van der Waals surface area contributed by atoms with Gasteiger partial charge in [0.2, 0.25) is 11.8 Å². The first-order valence-corrected chi connectivity index (χ1v) is 11.5. The molecule has 0 aromatic heterocycles. The van der Waals surface area contributed by atoms with Crippen LogP contribution in [0.4, 0.5) is 0 Å². The first-order valence-electron chi connectivity index (χ1n) is 11.5. The van der Waals surface area contributed by atoms with Gasteiger partial charge in [0.15, 0.2) is 0 Å². The summed E-state index contributed by atoms with van der Waals surface area (Å²) < 4.78 is 0. The van der Waals surface area contributed by atoms with Crippen LogP contribution in [0.15, 0.2) is 48.5 Å². The number of primary amides is 1. The summed E-state index contributed by atoms with van der Waals surface area (Å²) in [5.74, 6) is -1.66. The van der Waals surface area contributed by atoms with Crippen LogP contribution in [-0.2, 0) is 16.0 Å². The molecule has 0 saturated heterocycles. The SMILES string of the molecule is NC(=O)c1ccccc1C(=O)NCC1c2ccccc2CCN1C(=O)C1CCCCC1C=O. The lowest BCUT2D eigenvalue weighted by Gasteiger charge is -2.41. The van der Waals surface area contributed by atoms with Gasteiger partial charge >= 0.3 is 0 Å². The Labute approximate surface area is 193 Å². The molecule has 1 heterocycles. The van der Waals surface area contributed by atoms with E-state index in [0.29, 0.717) is 13.0 Å². The maximum Gasteiger partial charge on any atom is 0.252 e. The number of rotatable bonds is 6. The highest BCUT2D eigenvalue weighted by Crippen LogP contribution is 2.35. The molecule has 2 aliphatic rings. The van der Waals surface area contributed by atoms with Crippen molar-refractivity contribution in [3.05, 3.63) is 70.8 Å². The summed E-state index contributed by atoms with van der Waals surface area (Å²) in [4.78, 5) is 51.7. The van der Waals surface area contributed by atoms with Crippen molar-refractivity contribution in [2.75, 3.05) is 13.1 Å². The number of benzene rings is 2. The van der Waals surface area contributed by atoms with E-state index in [4.69, 9.17) is 5.73 Å². The number of amides is 3. The highest BCUT2D eigenvalue weighted by molar-refractivity contribution is 6.06. The molecular weight excluding hydrogens is 418 g/mol. The Kier molecular flexibility index (Phi) is 6.87. The molecule has 0 radical (unpaired) electrons. The maximum absolute atomic E-state index is 13.6. The molecule has 1 fully saturated rings. The summed E-state index contributed by atoms with van der Waals surface area (Å²) in [6.07, 6.45) is 5.03. The van der Waals surface area contributed by atoms with Gasteiger partial charge in [-0.1, -0.05) is 49.2 Å². The van der Waals surface area contributed by atoms with Gasteiger partial charge in [-0.2, -0.15) is 0 Å². The van der Waals surface area contributed by atoms with Crippen LogP contribution in [0, 0.1) is 11.8 Å². The molecule has 1 aliphatic carbocycles. The van der Waals surface area contributed by atoms with Crippen molar-refractivity contribution in [3.8, 4) is 0 Å². The molecule has 33 heavy (non-hydrogen) atoms. The average Bonchev–Trinajstić information content (AvgIpc) is 2.86. The maximum atomic E-state index is 13.6. The Balaban J connectivity index is 1.59. The number of nitrogens with one attached hydrogen (secondary N) is 1. The Morgan fingerprint density at radius 3 is 2.45 bits per heavy atom. The fourth-order valence-electron chi connectivity index (χ4n) is 5.16. The summed E-state index contributed by atoms with van der Waals surface area (Å²) >= 11 is 0. The number of hydrogen-bond donors (Lipinski definition) is 2. The Bertz CT molecular complexity index is 1070. The quantitative estimate of drug-likeness (QED) is 0.664. The van der Waals surface area contributed by atoms with Crippen molar-refractivity contribution in [2.24, 2.45) is 17.6 Å². The summed E-state index contributed by atoms with van der Waals surface area (Å²) in [7, 11) is 0. The molecule has 3 amide bonds. The molecule has 4 rings (SSSR count). The van der Waals surface area contributed by atoms with E-state index in [1.54, 1.807) is 18.2 Å². The second-order valence-corrected chi connectivity index (χ2v) is 8.81. The molecule has 7 nitrogen and oxygen atoms in total. The van der Waals surface area contributed by atoms with Crippen molar-refractivity contribution in [1.82, 2.24) is 10.2 Å². The van der Waals surface area contributed by atoms with Crippen molar-refractivity contribution in [3.63, 3.8) is 0 Å². The molecule has 0 spiro atoms. The number of nitrogens with zero attached hydrogens (tertiary/aromatic N) is 1. The fraction of sp³-hybridized carbons (Fsp3) is 0.385. The van der Waals surface area contributed by atoms with Crippen LogP contribution in [0.25, 0.3) is 0 Å². The lowest BCUT2D eigenvalue weighted by molar-refractivity contribution is -0.143. The minimum Gasteiger partial charge on any atom is -0.366 e. The Morgan fingerprint density at radius 2 is 1.70 bits per heavy atom. The lowest BCUT2D eigenvalue weighted by Crippen LogP contribution is -2.49. The number of carbonyl (C=O) groups excluding carboxylic acids is 4. The van der Waals surface area contributed by atoms with E-state index in [-0.39, 0.29) is 41.5 Å². The molecule has 1 aliphatic heterocycles. The topological polar surface area (TPSA) is 110 Å². The van der Waals surface area contributed by atoms with Crippen LogP contribution in [0.1, 0.15) is 63.6 Å². The first-order chi connectivity index (χ1) is 16.0. The van der Waals surface area contributed by atoms with E-state index in [1.165, 1.54) is 6.07 Å². The predicted octanol–water partition coefficient (Wildman–Crippen LogP) is 2.65. The lowest BCUT2D eigenvalue weighted by atomic mass is 9.78. The van der Waals surface area contributed by atoms with Crippen LogP contribution >= 0.6 is 0 Å². The predicted molar refractivity (Wildman–Crippen MR) is 123 cm³/mol. The van der Waals surface area contributed by atoms with Gasteiger partial charge in [-0.25, -0.2) is 0 Å². The number of hydrogen-bond acceptors (Lipinski definition) is 4. The molecular formula is C26H29N3O4. The minimum atomic E-state index is -0.669. The normalized spacial score (nSPS) is 22.2. The molecule has 3 unspecified atom stereocenters. The third kappa shape index (κ3) is 4.67. The van der Waals surface area contributed by atoms with Crippen molar-refractivity contribution < 1.29 is 19.2 Å². The van der Waals surface area contributed by atoms with E-state index in [1.807, 2.05) is 29.2 Å². The van der Waals surface area contributed by atoms with Gasteiger partial charge in [-0.15, -0.1) is 0 Å². The second-order valence-electron chi connectivity index (χ2n) is 8.81. The standard InChI is InChI=1S/C26H29N3O4/c27-24(31)21-11-5-6-12-22(21)25(32)28-15-23-19-9-3-1-7-17(19)13-14-29(23)26(33)20-10-4-2-8-18(20)16-30/h1,3,5-7,9,11-12,16,18,20,23H,2,4,8,10,13-15H2,(H2,27,31)(H,28,32). The van der Waals surface area contributed by atoms with Gasteiger partial charge in [0.25, 0.3) is 5.91 Å². The van der Waals surface area contributed by atoms with E-state index in [0.717, 1.165) is 43.1 Å². The van der Waals surface area contributed by atoms with Gasteiger partial charge < -0.3 is 20.7 Å². The van der Waals surface area contributed by atoms with Crippen LogP contribution in [0.2, 0.25) is 0 Å². The Morgan fingerprint density at radius 1 is 1.00 bits per heavy atom. The number of nitrogens with two attached hydrogens (primary N) is 1. The smallest absolute Gasteiger partial charge is 0.252 e. The van der Waals surface area contributed by atoms with E-state index < -0.39 is 11.8 Å². The molecule has 3 atom stereocenters. The van der Waals surface area contributed by atoms with Crippen molar-refractivity contribution in [2.45, 2.75) is 38.1 Å². The van der Waals surface area contributed by atoms with Gasteiger partial charge in [0.1, 0.15) is 6.29 Å². The van der Waals surface area contributed by atoms with Gasteiger partial charge in [-0.3, -0.25) is 14.4 Å². The molecule has 172 valence electrons. The van der Waals surface area contributed by atoms with Gasteiger partial charge in [-0.05, 0) is 42.5 Å². The fourth-order valence-corrected chi connectivity index (χ4v) is 5.16. The first kappa shape index (κ1) is 22.7. The summed E-state index contributed by atoms with van der Waals surface area (Å²) in [5.41, 5.74) is 7.94. The van der Waals surface area contributed by atoms with Crippen LogP contribution < -0.4 is 11.1 Å². The summed E-state index contributed by atoms with van der Waals surface area (Å²) in [5, 5.41) is 2.91. The van der Waals surface area contributed by atoms with E-state index in [2.05, 4.69) is 5.32 Å². The average molecular weight is 448 g/mol. The van der Waals surface area contributed by atoms with Crippen LogP contribution in [0.5, 0.6) is 0 Å².